The van der Waals surface area contributed by atoms with E-state index < -0.39 is 0 Å². The molecule has 0 radical (unpaired) electrons. The molecule has 1 heterocycles. The zero-order chi connectivity index (χ0) is 5.28. The van der Waals surface area contributed by atoms with Crippen molar-refractivity contribution in [1.82, 2.24) is 0 Å². The van der Waals surface area contributed by atoms with Crippen LogP contribution in [-0.2, 0) is 4.74 Å². The fraction of sp³-hybridized carbons (Fsp3) is 0.800. The van der Waals surface area contributed by atoms with E-state index in [2.05, 4.69) is 4.99 Å². The Bertz CT molecular complexity index is 80.1. The van der Waals surface area contributed by atoms with Crippen molar-refractivity contribution in [3.05, 3.63) is 0 Å². The van der Waals surface area contributed by atoms with Crippen molar-refractivity contribution in [3.8, 4) is 0 Å². The molecule has 0 aromatic carbocycles. The monoisotopic (exact) mass is 99.1 g/mol. The zero-order valence-electron chi connectivity index (χ0n) is 4.59. The average Bonchev–Trinajstić information content (AvgIpc) is 1.87. The van der Waals surface area contributed by atoms with Gasteiger partial charge in [-0.2, -0.15) is 0 Å². The molecule has 0 amide bonds. The topological polar surface area (TPSA) is 21.6 Å². The smallest absolute Gasteiger partial charge is 0.146 e. The summed E-state index contributed by atoms with van der Waals surface area (Å²) < 4.78 is 5.14. The Kier molecular flexibility index (Phi) is 1.11. The second-order valence-electron chi connectivity index (χ2n) is 1.74. The van der Waals surface area contributed by atoms with Gasteiger partial charge in [0.2, 0.25) is 0 Å². The van der Waals surface area contributed by atoms with Crippen molar-refractivity contribution in [2.45, 2.75) is 26.2 Å². The van der Waals surface area contributed by atoms with Gasteiger partial charge in [-0.15, -0.1) is 0 Å². The number of aliphatic imine (C=N–C) groups is 1. The Balaban J connectivity index is 2.42. The summed E-state index contributed by atoms with van der Waals surface area (Å²) >= 11 is 0. The van der Waals surface area contributed by atoms with Crippen LogP contribution in [0.3, 0.4) is 0 Å². The maximum Gasteiger partial charge on any atom is 0.146 e. The molecule has 0 saturated carbocycles. The van der Waals surface area contributed by atoms with E-state index >= 15 is 0 Å². The summed E-state index contributed by atoms with van der Waals surface area (Å²) in [5, 5.41) is 0. The molecule has 0 spiro atoms. The minimum Gasteiger partial charge on any atom is -0.348 e. The fourth-order valence-corrected chi connectivity index (χ4v) is 0.623. The van der Waals surface area contributed by atoms with Crippen LogP contribution in [0.5, 0.6) is 0 Å². The van der Waals surface area contributed by atoms with E-state index in [0.717, 1.165) is 0 Å². The predicted molar refractivity (Wildman–Crippen MR) is 28.5 cm³/mol. The number of nitrogens with zero attached hydrogens (tertiary/aromatic N) is 1. The molecule has 0 aliphatic carbocycles. The molecule has 0 aromatic heterocycles. The molecular weight excluding hydrogens is 90.1 g/mol. The quantitative estimate of drug-likeness (QED) is 0.440. The first-order valence-corrected chi connectivity index (χ1v) is 2.48. The molecule has 2 heteroatoms. The van der Waals surface area contributed by atoms with Crippen LogP contribution >= 0.6 is 0 Å². The summed E-state index contributed by atoms with van der Waals surface area (Å²) in [5.74, 6) is 0. The van der Waals surface area contributed by atoms with Gasteiger partial charge in [-0.1, -0.05) is 0 Å². The van der Waals surface area contributed by atoms with Crippen LogP contribution in [0.15, 0.2) is 4.99 Å². The van der Waals surface area contributed by atoms with Gasteiger partial charge in [-0.3, -0.25) is 4.99 Å². The van der Waals surface area contributed by atoms with E-state index in [1.165, 1.54) is 0 Å². The standard InChI is InChI=1S/C5H9NO/c1-4-3-6-5(2)7-4/h3-5H,1-2H3. The summed E-state index contributed by atoms with van der Waals surface area (Å²) in [6.45, 7) is 3.91. The van der Waals surface area contributed by atoms with Crippen molar-refractivity contribution >= 4 is 6.21 Å². The van der Waals surface area contributed by atoms with E-state index in [1.807, 2.05) is 20.1 Å². The van der Waals surface area contributed by atoms with Crippen molar-refractivity contribution in [2.75, 3.05) is 0 Å². The van der Waals surface area contributed by atoms with Crippen LogP contribution in [0.2, 0.25) is 0 Å². The Morgan fingerprint density at radius 3 is 2.43 bits per heavy atom. The van der Waals surface area contributed by atoms with Crippen LogP contribution in [0, 0.1) is 0 Å². The highest BCUT2D eigenvalue weighted by atomic mass is 16.5. The molecular formula is C5H9NO. The van der Waals surface area contributed by atoms with E-state index in [1.54, 1.807) is 0 Å². The van der Waals surface area contributed by atoms with Crippen LogP contribution < -0.4 is 0 Å². The maximum absolute atomic E-state index is 5.14. The van der Waals surface area contributed by atoms with Gasteiger partial charge >= 0.3 is 0 Å². The van der Waals surface area contributed by atoms with Gasteiger partial charge in [0, 0.05) is 6.21 Å². The van der Waals surface area contributed by atoms with Gasteiger partial charge in [0.05, 0.1) is 6.10 Å². The summed E-state index contributed by atoms with van der Waals surface area (Å²) in [6, 6.07) is 0. The van der Waals surface area contributed by atoms with E-state index in [9.17, 15) is 0 Å². The second-order valence-corrected chi connectivity index (χ2v) is 1.74. The molecule has 0 N–H and O–H groups in total. The highest BCUT2D eigenvalue weighted by Gasteiger charge is 2.09. The van der Waals surface area contributed by atoms with Crippen molar-refractivity contribution in [3.63, 3.8) is 0 Å². The lowest BCUT2D eigenvalue weighted by Gasteiger charge is -1.99. The number of hydrogen-bond donors (Lipinski definition) is 0. The number of hydrogen-bond acceptors (Lipinski definition) is 2. The molecule has 7 heavy (non-hydrogen) atoms. The van der Waals surface area contributed by atoms with Gasteiger partial charge in [-0.05, 0) is 13.8 Å². The van der Waals surface area contributed by atoms with Crippen LogP contribution in [0.1, 0.15) is 13.8 Å². The molecule has 0 bridgehead atoms. The zero-order valence-corrected chi connectivity index (χ0v) is 4.59. The Labute approximate surface area is 43.2 Å². The van der Waals surface area contributed by atoms with Crippen LogP contribution in [0.25, 0.3) is 0 Å². The maximum atomic E-state index is 5.14. The lowest BCUT2D eigenvalue weighted by Crippen LogP contribution is -2.05. The molecule has 0 saturated heterocycles. The third-order valence-corrected chi connectivity index (χ3v) is 0.918. The minimum absolute atomic E-state index is 0.0926. The summed E-state index contributed by atoms with van der Waals surface area (Å²) in [4.78, 5) is 3.97. The van der Waals surface area contributed by atoms with Crippen molar-refractivity contribution < 1.29 is 4.74 Å². The van der Waals surface area contributed by atoms with Crippen molar-refractivity contribution in [1.29, 1.82) is 0 Å². The molecule has 40 valence electrons. The first-order chi connectivity index (χ1) is 3.29. The van der Waals surface area contributed by atoms with Gasteiger partial charge in [0.15, 0.2) is 0 Å². The van der Waals surface area contributed by atoms with Crippen LogP contribution in [-0.4, -0.2) is 18.5 Å². The lowest BCUT2D eigenvalue weighted by molar-refractivity contribution is 0.0735. The highest BCUT2D eigenvalue weighted by molar-refractivity contribution is 5.64. The van der Waals surface area contributed by atoms with E-state index in [0.29, 0.717) is 0 Å². The Morgan fingerprint density at radius 1 is 1.57 bits per heavy atom. The van der Waals surface area contributed by atoms with Crippen molar-refractivity contribution in [2.24, 2.45) is 4.99 Å². The predicted octanol–water partition coefficient (Wildman–Crippen LogP) is 0.822. The third kappa shape index (κ3) is 0.996. The minimum atomic E-state index is 0.0926. The highest BCUT2D eigenvalue weighted by Crippen LogP contribution is 2.03. The molecule has 2 unspecified atom stereocenters. The van der Waals surface area contributed by atoms with E-state index in [-0.39, 0.29) is 12.3 Å². The number of rotatable bonds is 0. The second kappa shape index (κ2) is 1.62. The molecule has 0 aromatic rings. The lowest BCUT2D eigenvalue weighted by atomic mass is 10.5. The summed E-state index contributed by atoms with van der Waals surface area (Å²) in [5.41, 5.74) is 0. The molecule has 2 atom stereocenters. The first-order valence-electron chi connectivity index (χ1n) is 2.48. The normalized spacial score (nSPS) is 39.7. The van der Waals surface area contributed by atoms with Crippen LogP contribution in [0.4, 0.5) is 0 Å². The molecule has 1 aliphatic rings. The Morgan fingerprint density at radius 2 is 2.29 bits per heavy atom. The largest absolute Gasteiger partial charge is 0.348 e. The van der Waals surface area contributed by atoms with E-state index in [4.69, 9.17) is 4.74 Å². The molecule has 0 fully saturated rings. The van der Waals surface area contributed by atoms with Gasteiger partial charge < -0.3 is 4.74 Å². The SMILES string of the molecule is CC1C=NC(C)O1. The fourth-order valence-electron chi connectivity index (χ4n) is 0.623. The average molecular weight is 99.1 g/mol. The summed E-state index contributed by atoms with van der Waals surface area (Å²) in [7, 11) is 0. The molecule has 2 nitrogen and oxygen atoms in total. The van der Waals surface area contributed by atoms with Gasteiger partial charge in [0.25, 0.3) is 0 Å². The van der Waals surface area contributed by atoms with Gasteiger partial charge in [0.1, 0.15) is 6.23 Å². The number of ether oxygens (including phenoxy) is 1. The Hall–Kier alpha value is -0.370. The van der Waals surface area contributed by atoms with Gasteiger partial charge in [-0.25, -0.2) is 0 Å². The first kappa shape index (κ1) is 4.78. The molecule has 1 rings (SSSR count). The third-order valence-electron chi connectivity index (χ3n) is 0.918. The summed E-state index contributed by atoms with van der Waals surface area (Å²) in [6.07, 6.45) is 2.15. The molecule has 1 aliphatic heterocycles.